The standard InChI is InChI=1S/C24H26F6N4O2/c1-14(16-8-17(23(25,26)27)10-18(9-16)24(28,29)30)36-12-21-20-5-3-2-4-15(20)6-7-19(11-31-21)34-13-32-33-22(34)35/h2-5,8-10,13-15,19-21,31H,6-7,11-12H2,1H3,(H,33,35)/t14-,15?,19+,20?,21-/m1/s1. The van der Waals surface area contributed by atoms with E-state index < -0.39 is 29.6 Å². The van der Waals surface area contributed by atoms with E-state index in [0.717, 1.165) is 12.8 Å². The number of alkyl halides is 6. The molecule has 0 spiro atoms. The van der Waals surface area contributed by atoms with Crippen LogP contribution in [0.15, 0.2) is 53.6 Å². The lowest BCUT2D eigenvalue weighted by atomic mass is 9.78. The summed E-state index contributed by atoms with van der Waals surface area (Å²) in [5.74, 6) is 0.138. The van der Waals surface area contributed by atoms with Gasteiger partial charge in [-0.2, -0.15) is 31.4 Å². The zero-order chi connectivity index (χ0) is 26.1. The number of nitrogens with zero attached hydrogens (tertiary/aromatic N) is 2. The second kappa shape index (κ2) is 10.3. The SMILES string of the molecule is C[C@@H](OC[C@H]1NC[C@@H](n2cn[nH]c2=O)CCC2C=CC=CC21)c1cc(C(F)(F)F)cc(C(F)(F)F)c1. The number of aromatic amines is 1. The molecule has 0 bridgehead atoms. The third-order valence-electron chi connectivity index (χ3n) is 6.79. The first-order valence-electron chi connectivity index (χ1n) is 11.5. The lowest BCUT2D eigenvalue weighted by Crippen LogP contribution is -2.47. The first kappa shape index (κ1) is 26.2. The van der Waals surface area contributed by atoms with Crippen molar-refractivity contribution in [2.45, 2.75) is 50.3 Å². The summed E-state index contributed by atoms with van der Waals surface area (Å²) in [6, 6.07) is 1.04. The van der Waals surface area contributed by atoms with Crippen molar-refractivity contribution in [3.8, 4) is 0 Å². The zero-order valence-electron chi connectivity index (χ0n) is 19.3. The van der Waals surface area contributed by atoms with Gasteiger partial charge in [0.15, 0.2) is 0 Å². The minimum atomic E-state index is -4.93. The third-order valence-corrected chi connectivity index (χ3v) is 6.79. The predicted molar refractivity (Wildman–Crippen MR) is 119 cm³/mol. The Bertz CT molecular complexity index is 1130. The summed E-state index contributed by atoms with van der Waals surface area (Å²) in [7, 11) is 0. The van der Waals surface area contributed by atoms with Crippen molar-refractivity contribution in [3.05, 3.63) is 76.0 Å². The molecule has 2 N–H and O–H groups in total. The van der Waals surface area contributed by atoms with Crippen LogP contribution in [0.5, 0.6) is 0 Å². The average molecular weight is 516 g/mol. The van der Waals surface area contributed by atoms with Crippen LogP contribution in [0.25, 0.3) is 0 Å². The second-order valence-corrected chi connectivity index (χ2v) is 9.14. The highest BCUT2D eigenvalue weighted by Crippen LogP contribution is 2.38. The van der Waals surface area contributed by atoms with Crippen LogP contribution >= 0.6 is 0 Å². The van der Waals surface area contributed by atoms with E-state index in [1.54, 1.807) is 0 Å². The zero-order valence-corrected chi connectivity index (χ0v) is 19.3. The lowest BCUT2D eigenvalue weighted by Gasteiger charge is -2.37. The van der Waals surface area contributed by atoms with Gasteiger partial charge in [-0.25, -0.2) is 9.89 Å². The molecule has 2 unspecified atom stereocenters. The molecule has 1 aliphatic heterocycles. The van der Waals surface area contributed by atoms with Gasteiger partial charge in [0, 0.05) is 18.5 Å². The van der Waals surface area contributed by atoms with Gasteiger partial charge in [-0.05, 0) is 49.4 Å². The number of rotatable bonds is 5. The first-order chi connectivity index (χ1) is 16.9. The van der Waals surface area contributed by atoms with Crippen molar-refractivity contribution in [3.63, 3.8) is 0 Å². The van der Waals surface area contributed by atoms with Crippen LogP contribution in [0.4, 0.5) is 26.3 Å². The Labute approximate surface area is 203 Å². The maximum Gasteiger partial charge on any atom is 0.416 e. The van der Waals surface area contributed by atoms with Crippen LogP contribution in [0.2, 0.25) is 0 Å². The van der Waals surface area contributed by atoms with Crippen LogP contribution in [0, 0.1) is 11.8 Å². The molecule has 1 fully saturated rings. The van der Waals surface area contributed by atoms with E-state index in [1.165, 1.54) is 17.8 Å². The van der Waals surface area contributed by atoms with Crippen molar-refractivity contribution in [1.82, 2.24) is 20.1 Å². The maximum absolute atomic E-state index is 13.3. The largest absolute Gasteiger partial charge is 0.416 e. The number of allylic oxidation sites excluding steroid dienone is 3. The van der Waals surface area contributed by atoms with Crippen molar-refractivity contribution >= 4 is 0 Å². The topological polar surface area (TPSA) is 71.9 Å². The molecule has 5 atom stereocenters. The molecule has 1 saturated heterocycles. The molecule has 36 heavy (non-hydrogen) atoms. The van der Waals surface area contributed by atoms with Crippen molar-refractivity contribution < 1.29 is 31.1 Å². The minimum Gasteiger partial charge on any atom is -0.372 e. The third kappa shape index (κ3) is 5.92. The first-order valence-corrected chi connectivity index (χ1v) is 11.5. The van der Waals surface area contributed by atoms with Crippen molar-refractivity contribution in [2.24, 2.45) is 11.8 Å². The smallest absolute Gasteiger partial charge is 0.372 e. The van der Waals surface area contributed by atoms with E-state index >= 15 is 0 Å². The molecule has 4 rings (SSSR count). The Morgan fingerprint density at radius 1 is 1.06 bits per heavy atom. The Kier molecular flexibility index (Phi) is 7.46. The normalized spacial score (nSPS) is 25.8. The predicted octanol–water partition coefficient (Wildman–Crippen LogP) is 5.04. The Morgan fingerprint density at radius 2 is 1.72 bits per heavy atom. The average Bonchev–Trinajstić information content (AvgIpc) is 3.23. The van der Waals surface area contributed by atoms with Gasteiger partial charge in [0.2, 0.25) is 0 Å². The van der Waals surface area contributed by atoms with Gasteiger partial charge >= 0.3 is 18.0 Å². The number of halogens is 6. The summed E-state index contributed by atoms with van der Waals surface area (Å²) < 4.78 is 86.9. The van der Waals surface area contributed by atoms with E-state index in [-0.39, 0.29) is 47.8 Å². The van der Waals surface area contributed by atoms with Crippen molar-refractivity contribution in [1.29, 1.82) is 0 Å². The molecule has 196 valence electrons. The number of ether oxygens (including phenoxy) is 1. The Hall–Kier alpha value is -2.86. The lowest BCUT2D eigenvalue weighted by molar-refractivity contribution is -0.143. The fourth-order valence-corrected chi connectivity index (χ4v) is 4.78. The van der Waals surface area contributed by atoms with E-state index in [9.17, 15) is 31.1 Å². The molecule has 1 aromatic heterocycles. The highest BCUT2D eigenvalue weighted by atomic mass is 19.4. The van der Waals surface area contributed by atoms with Crippen LogP contribution in [0.3, 0.4) is 0 Å². The van der Waals surface area contributed by atoms with E-state index in [0.29, 0.717) is 18.7 Å². The van der Waals surface area contributed by atoms with Gasteiger partial charge in [0.1, 0.15) is 6.33 Å². The Morgan fingerprint density at radius 3 is 2.33 bits per heavy atom. The number of nitrogens with one attached hydrogen (secondary N) is 2. The summed E-state index contributed by atoms with van der Waals surface area (Å²) >= 11 is 0. The summed E-state index contributed by atoms with van der Waals surface area (Å²) in [6.07, 6.45) is -0.0145. The van der Waals surface area contributed by atoms with Gasteiger partial charge in [0.25, 0.3) is 0 Å². The Balaban J connectivity index is 1.53. The summed E-state index contributed by atoms with van der Waals surface area (Å²) in [5.41, 5.74) is -3.28. The fourth-order valence-electron chi connectivity index (χ4n) is 4.78. The number of H-pyrrole nitrogens is 1. The summed E-state index contributed by atoms with van der Waals surface area (Å²) in [4.78, 5) is 12.1. The van der Waals surface area contributed by atoms with Crippen LogP contribution in [-0.2, 0) is 17.1 Å². The maximum atomic E-state index is 13.3. The van der Waals surface area contributed by atoms with Crippen LogP contribution in [-0.4, -0.2) is 34.0 Å². The van der Waals surface area contributed by atoms with Gasteiger partial charge < -0.3 is 10.1 Å². The van der Waals surface area contributed by atoms with E-state index in [1.807, 2.05) is 18.2 Å². The van der Waals surface area contributed by atoms with E-state index in [2.05, 4.69) is 21.6 Å². The summed E-state index contributed by atoms with van der Waals surface area (Å²) in [5, 5.41) is 9.55. The second-order valence-electron chi connectivity index (χ2n) is 9.14. The van der Waals surface area contributed by atoms with Crippen LogP contribution < -0.4 is 11.0 Å². The number of benzene rings is 1. The minimum absolute atomic E-state index is 0.0106. The van der Waals surface area contributed by atoms with Crippen LogP contribution in [0.1, 0.15) is 48.6 Å². The molecular weight excluding hydrogens is 490 g/mol. The molecule has 1 aliphatic carbocycles. The highest BCUT2D eigenvalue weighted by Gasteiger charge is 2.38. The molecule has 0 radical (unpaired) electrons. The van der Waals surface area contributed by atoms with Gasteiger partial charge in [0.05, 0.1) is 29.9 Å². The number of hydrogen-bond acceptors (Lipinski definition) is 4. The molecule has 2 aromatic rings. The fraction of sp³-hybridized carbons (Fsp3) is 0.500. The molecule has 2 heterocycles. The highest BCUT2D eigenvalue weighted by molar-refractivity contribution is 5.34. The quantitative estimate of drug-likeness (QED) is 0.547. The van der Waals surface area contributed by atoms with Gasteiger partial charge in [-0.1, -0.05) is 24.3 Å². The number of aromatic nitrogens is 3. The molecule has 2 aliphatic rings. The van der Waals surface area contributed by atoms with Gasteiger partial charge in [-0.3, -0.25) is 4.57 Å². The monoisotopic (exact) mass is 516 g/mol. The molecule has 6 nitrogen and oxygen atoms in total. The van der Waals surface area contributed by atoms with Gasteiger partial charge in [-0.15, -0.1) is 0 Å². The number of fused-ring (bicyclic) bond motifs is 1. The molecular formula is C24H26F6N4O2. The molecule has 0 saturated carbocycles. The molecule has 0 amide bonds. The molecule has 1 aromatic carbocycles. The summed E-state index contributed by atoms with van der Waals surface area (Å²) in [6.45, 7) is 1.90. The number of hydrogen-bond donors (Lipinski definition) is 2. The van der Waals surface area contributed by atoms with Crippen molar-refractivity contribution in [2.75, 3.05) is 13.2 Å². The molecule has 12 heteroatoms. The van der Waals surface area contributed by atoms with E-state index in [4.69, 9.17) is 4.74 Å².